The number of hydrogen-bond donors (Lipinski definition) is 3. The van der Waals surface area contributed by atoms with Gasteiger partial charge in [-0.05, 0) is 24.3 Å². The minimum atomic E-state index is -1.05. The van der Waals surface area contributed by atoms with Crippen LogP contribution >= 0.6 is 0 Å². The summed E-state index contributed by atoms with van der Waals surface area (Å²) in [5.74, 6) is -1.05. The molecule has 0 bridgehead atoms. The van der Waals surface area contributed by atoms with Gasteiger partial charge >= 0.3 is 5.97 Å². The summed E-state index contributed by atoms with van der Waals surface area (Å²) >= 11 is 0. The van der Waals surface area contributed by atoms with Crippen LogP contribution in [0.4, 0.5) is 11.4 Å². The highest BCUT2D eigenvalue weighted by Gasteiger charge is 2.17. The van der Waals surface area contributed by atoms with Crippen LogP contribution < -0.4 is 11.5 Å². The molecule has 0 aliphatic heterocycles. The predicted molar refractivity (Wildman–Crippen MR) is 96.6 cm³/mol. The SMILES string of the molecule is Nc1cc(C(=O)O)cc(N)c1-n1c2ccccc2c2ccccc21. The van der Waals surface area contributed by atoms with E-state index in [1.54, 1.807) is 0 Å². The van der Waals surface area contributed by atoms with E-state index in [0.717, 1.165) is 21.8 Å². The highest BCUT2D eigenvalue weighted by molar-refractivity contribution is 6.10. The summed E-state index contributed by atoms with van der Waals surface area (Å²) in [5.41, 5.74) is 15.6. The second kappa shape index (κ2) is 5.03. The Morgan fingerprint density at radius 2 is 1.29 bits per heavy atom. The molecule has 0 amide bonds. The first-order valence-corrected chi connectivity index (χ1v) is 7.49. The number of aromatic nitrogens is 1. The normalized spacial score (nSPS) is 11.2. The Balaban J connectivity index is 2.15. The molecule has 4 rings (SSSR count). The lowest BCUT2D eigenvalue weighted by Gasteiger charge is -2.14. The maximum absolute atomic E-state index is 11.2. The molecule has 0 aliphatic carbocycles. The molecule has 0 unspecified atom stereocenters. The average Bonchev–Trinajstić information content (AvgIpc) is 2.89. The van der Waals surface area contributed by atoms with E-state index in [2.05, 4.69) is 0 Å². The van der Waals surface area contributed by atoms with Crippen LogP contribution in [0.2, 0.25) is 0 Å². The predicted octanol–water partition coefficient (Wildman–Crippen LogP) is 3.65. The number of anilines is 2. The minimum absolute atomic E-state index is 0.0783. The van der Waals surface area contributed by atoms with Gasteiger partial charge in [-0.25, -0.2) is 4.79 Å². The fourth-order valence-electron chi connectivity index (χ4n) is 3.23. The number of nitrogen functional groups attached to an aromatic ring is 2. The van der Waals surface area contributed by atoms with Crippen molar-refractivity contribution in [1.29, 1.82) is 0 Å². The summed E-state index contributed by atoms with van der Waals surface area (Å²) in [5, 5.41) is 11.4. The molecule has 5 N–H and O–H groups in total. The van der Waals surface area contributed by atoms with E-state index in [-0.39, 0.29) is 5.56 Å². The van der Waals surface area contributed by atoms with Crippen LogP contribution in [0.1, 0.15) is 10.4 Å². The number of carboxylic acids is 1. The van der Waals surface area contributed by atoms with Gasteiger partial charge in [0.1, 0.15) is 0 Å². The number of para-hydroxylation sites is 2. The van der Waals surface area contributed by atoms with Crippen LogP contribution in [0.5, 0.6) is 0 Å². The number of rotatable bonds is 2. The van der Waals surface area contributed by atoms with Crippen LogP contribution in [-0.2, 0) is 0 Å². The van der Waals surface area contributed by atoms with Gasteiger partial charge in [0.2, 0.25) is 0 Å². The number of nitrogens with two attached hydrogens (primary N) is 2. The van der Waals surface area contributed by atoms with Gasteiger partial charge in [0.05, 0.1) is 33.7 Å². The minimum Gasteiger partial charge on any atom is -0.478 e. The second-order valence-electron chi connectivity index (χ2n) is 5.68. The number of nitrogens with zero attached hydrogens (tertiary/aromatic N) is 1. The van der Waals surface area contributed by atoms with Gasteiger partial charge in [0.15, 0.2) is 0 Å². The Morgan fingerprint density at radius 3 is 1.75 bits per heavy atom. The van der Waals surface area contributed by atoms with Crippen molar-refractivity contribution in [1.82, 2.24) is 4.57 Å². The lowest BCUT2D eigenvalue weighted by Crippen LogP contribution is -2.07. The van der Waals surface area contributed by atoms with Crippen molar-refractivity contribution < 1.29 is 9.90 Å². The van der Waals surface area contributed by atoms with Crippen molar-refractivity contribution in [3.8, 4) is 5.69 Å². The van der Waals surface area contributed by atoms with Crippen LogP contribution in [0, 0.1) is 0 Å². The number of carboxylic acid groups (broad SMARTS) is 1. The Morgan fingerprint density at radius 1 is 0.833 bits per heavy atom. The van der Waals surface area contributed by atoms with Gasteiger partial charge in [-0.3, -0.25) is 0 Å². The molecule has 5 nitrogen and oxygen atoms in total. The maximum Gasteiger partial charge on any atom is 0.335 e. The van der Waals surface area contributed by atoms with Gasteiger partial charge in [-0.1, -0.05) is 36.4 Å². The number of aromatic carboxylic acids is 1. The highest BCUT2D eigenvalue weighted by Crippen LogP contribution is 2.36. The maximum atomic E-state index is 11.2. The largest absolute Gasteiger partial charge is 0.478 e. The first-order valence-electron chi connectivity index (χ1n) is 7.49. The fraction of sp³-hybridized carbons (Fsp3) is 0. The molecule has 0 saturated heterocycles. The molecule has 24 heavy (non-hydrogen) atoms. The fourth-order valence-corrected chi connectivity index (χ4v) is 3.23. The summed E-state index contributed by atoms with van der Waals surface area (Å²) in [7, 11) is 0. The van der Waals surface area contributed by atoms with Crippen molar-refractivity contribution in [3.05, 3.63) is 66.2 Å². The zero-order valence-electron chi connectivity index (χ0n) is 12.7. The van der Waals surface area contributed by atoms with Crippen molar-refractivity contribution in [2.75, 3.05) is 11.5 Å². The molecule has 4 aromatic rings. The lowest BCUT2D eigenvalue weighted by atomic mass is 10.1. The first-order chi connectivity index (χ1) is 11.6. The molecule has 0 fully saturated rings. The zero-order valence-corrected chi connectivity index (χ0v) is 12.7. The summed E-state index contributed by atoms with van der Waals surface area (Å²) in [6.07, 6.45) is 0. The number of benzene rings is 3. The molecule has 1 aromatic heterocycles. The molecular formula is C19H15N3O2. The number of fused-ring (bicyclic) bond motifs is 3. The molecule has 1 heterocycles. The van der Waals surface area contributed by atoms with Crippen molar-refractivity contribution >= 4 is 39.1 Å². The first kappa shape index (κ1) is 14.1. The Hall–Kier alpha value is -3.47. The van der Waals surface area contributed by atoms with Crippen LogP contribution in [0.15, 0.2) is 60.7 Å². The van der Waals surface area contributed by atoms with Gasteiger partial charge in [0, 0.05) is 10.8 Å². The van der Waals surface area contributed by atoms with Crippen molar-refractivity contribution in [2.45, 2.75) is 0 Å². The Labute approximate surface area is 137 Å². The van der Waals surface area contributed by atoms with Gasteiger partial charge in [-0.15, -0.1) is 0 Å². The molecule has 0 spiro atoms. The van der Waals surface area contributed by atoms with E-state index in [1.165, 1.54) is 12.1 Å². The standard InChI is InChI=1S/C19H15N3O2/c20-14-9-11(19(23)24)10-15(21)18(14)22-16-7-3-1-5-12(16)13-6-2-4-8-17(13)22/h1-10H,20-21H2,(H,23,24). The van der Waals surface area contributed by atoms with Crippen LogP contribution in [0.25, 0.3) is 27.5 Å². The molecule has 0 atom stereocenters. The third-order valence-corrected chi connectivity index (χ3v) is 4.22. The van der Waals surface area contributed by atoms with Gasteiger partial charge in [0.25, 0.3) is 0 Å². The van der Waals surface area contributed by atoms with Gasteiger partial charge < -0.3 is 21.1 Å². The third-order valence-electron chi connectivity index (χ3n) is 4.22. The quantitative estimate of drug-likeness (QED) is 0.492. The Kier molecular flexibility index (Phi) is 2.96. The third kappa shape index (κ3) is 1.91. The number of carbonyl (C=O) groups is 1. The van der Waals surface area contributed by atoms with Gasteiger partial charge in [-0.2, -0.15) is 0 Å². The van der Waals surface area contributed by atoms with E-state index >= 15 is 0 Å². The summed E-state index contributed by atoms with van der Waals surface area (Å²) in [6, 6.07) is 18.9. The molecular weight excluding hydrogens is 302 g/mol. The van der Waals surface area contributed by atoms with E-state index in [1.807, 2.05) is 53.1 Å². The lowest BCUT2D eigenvalue weighted by molar-refractivity contribution is 0.0697. The summed E-state index contributed by atoms with van der Waals surface area (Å²) in [6.45, 7) is 0. The van der Waals surface area contributed by atoms with Crippen LogP contribution in [-0.4, -0.2) is 15.6 Å². The number of hydrogen-bond acceptors (Lipinski definition) is 3. The van der Waals surface area contributed by atoms with E-state index in [4.69, 9.17) is 11.5 Å². The second-order valence-corrected chi connectivity index (χ2v) is 5.68. The molecule has 118 valence electrons. The van der Waals surface area contributed by atoms with E-state index in [9.17, 15) is 9.90 Å². The molecule has 0 radical (unpaired) electrons. The van der Waals surface area contributed by atoms with Crippen LogP contribution in [0.3, 0.4) is 0 Å². The average molecular weight is 317 g/mol. The Bertz CT molecular complexity index is 1040. The molecule has 5 heteroatoms. The topological polar surface area (TPSA) is 94.3 Å². The van der Waals surface area contributed by atoms with E-state index < -0.39 is 5.97 Å². The zero-order chi connectivity index (χ0) is 16.8. The van der Waals surface area contributed by atoms with Crippen molar-refractivity contribution in [3.63, 3.8) is 0 Å². The molecule has 0 aliphatic rings. The van der Waals surface area contributed by atoms with Crippen molar-refractivity contribution in [2.24, 2.45) is 0 Å². The summed E-state index contributed by atoms with van der Waals surface area (Å²) < 4.78 is 1.99. The monoisotopic (exact) mass is 317 g/mol. The summed E-state index contributed by atoms with van der Waals surface area (Å²) in [4.78, 5) is 11.2. The molecule has 0 saturated carbocycles. The highest BCUT2D eigenvalue weighted by atomic mass is 16.4. The molecule has 3 aromatic carbocycles. The van der Waals surface area contributed by atoms with E-state index in [0.29, 0.717) is 17.1 Å². The smallest absolute Gasteiger partial charge is 0.335 e.